The first kappa shape index (κ1) is 11.0. The maximum absolute atomic E-state index is 3.27. The molecule has 0 fully saturated rings. The van der Waals surface area contributed by atoms with Crippen LogP contribution in [0.25, 0.3) is 0 Å². The molecule has 0 aromatic rings. The molecule has 0 aliphatic heterocycles. The summed E-state index contributed by atoms with van der Waals surface area (Å²) in [5.41, 5.74) is 1.49. The summed E-state index contributed by atoms with van der Waals surface area (Å²) in [6.45, 7) is 8.54. The van der Waals surface area contributed by atoms with E-state index < -0.39 is 0 Å². The van der Waals surface area contributed by atoms with Gasteiger partial charge in [-0.25, -0.2) is 0 Å². The van der Waals surface area contributed by atoms with Gasteiger partial charge >= 0.3 is 80.7 Å². The molecule has 0 amide bonds. The Labute approximate surface area is 80.8 Å². The van der Waals surface area contributed by atoms with Crippen molar-refractivity contribution in [1.82, 2.24) is 0 Å². The van der Waals surface area contributed by atoms with Crippen molar-refractivity contribution in [3.8, 4) is 0 Å². The van der Waals surface area contributed by atoms with Crippen LogP contribution in [0.3, 0.4) is 0 Å². The molecule has 0 unspecified atom stereocenters. The predicted molar refractivity (Wildman–Crippen MR) is 47.1 cm³/mol. The molecule has 0 aliphatic rings. The van der Waals surface area contributed by atoms with Gasteiger partial charge in [-0.15, -0.1) is 0 Å². The van der Waals surface area contributed by atoms with Crippen LogP contribution in [0.1, 0.15) is 27.7 Å². The van der Waals surface area contributed by atoms with Gasteiger partial charge in [0.25, 0.3) is 0 Å². The van der Waals surface area contributed by atoms with Crippen molar-refractivity contribution >= 4 is 4.40 Å². The van der Waals surface area contributed by atoms with Crippen molar-refractivity contribution < 1.29 is 19.4 Å². The van der Waals surface area contributed by atoms with Crippen molar-refractivity contribution in [2.75, 3.05) is 0 Å². The molecule has 0 bridgehead atoms. The summed E-state index contributed by atoms with van der Waals surface area (Å²) >= 11 is 1.50. The Morgan fingerprint density at radius 2 is 1.91 bits per heavy atom. The van der Waals surface area contributed by atoms with Crippen LogP contribution < -0.4 is 0 Å². The van der Waals surface area contributed by atoms with E-state index in [1.165, 1.54) is 24.9 Å². The van der Waals surface area contributed by atoms with E-state index in [-0.39, 0.29) is 5.41 Å². The molecule has 0 spiro atoms. The second-order valence-electron chi connectivity index (χ2n) is 3.59. The van der Waals surface area contributed by atoms with E-state index in [1.54, 1.807) is 0 Å². The molecule has 0 saturated carbocycles. The van der Waals surface area contributed by atoms with Crippen LogP contribution >= 0.6 is 0 Å². The van der Waals surface area contributed by atoms with Crippen LogP contribution in [-0.4, -0.2) is 4.40 Å². The average molecular weight is 319 g/mol. The molecule has 0 atom stereocenters. The van der Waals surface area contributed by atoms with Crippen molar-refractivity contribution in [2.45, 2.75) is 27.7 Å². The van der Waals surface area contributed by atoms with E-state index in [0.29, 0.717) is 0 Å². The monoisotopic (exact) mass is 319 g/mol. The molecule has 0 aromatic carbocycles. The number of hydrogen-bond donors (Lipinski definition) is 0. The van der Waals surface area contributed by atoms with Gasteiger partial charge < -0.3 is 0 Å². The van der Waals surface area contributed by atoms with Gasteiger partial charge in [0.05, 0.1) is 0 Å². The molecule has 0 rings (SSSR count). The fourth-order valence-corrected chi connectivity index (χ4v) is 0.745. The van der Waals surface area contributed by atoms with Crippen LogP contribution in [0.5, 0.6) is 0 Å². The zero-order valence-electron chi connectivity index (χ0n) is 7.64. The molecule has 11 heavy (non-hydrogen) atoms. The van der Waals surface area contributed by atoms with Gasteiger partial charge in [0.2, 0.25) is 0 Å². The summed E-state index contributed by atoms with van der Waals surface area (Å²) in [5, 5.41) is 0. The molecule has 0 nitrogen and oxygen atoms in total. The van der Waals surface area contributed by atoms with Crippen LogP contribution in [0.2, 0.25) is 0 Å². The van der Waals surface area contributed by atoms with Gasteiger partial charge in [-0.3, -0.25) is 0 Å². The zero-order chi connectivity index (χ0) is 8.91. The van der Waals surface area contributed by atoms with Crippen molar-refractivity contribution in [1.29, 1.82) is 0 Å². The van der Waals surface area contributed by atoms with Gasteiger partial charge in [-0.05, 0) is 0 Å². The van der Waals surface area contributed by atoms with Crippen molar-refractivity contribution in [3.63, 3.8) is 0 Å². The summed E-state index contributed by atoms with van der Waals surface area (Å²) in [7, 11) is 0. The molecule has 0 aliphatic carbocycles. The first-order valence-corrected chi connectivity index (χ1v) is 5.38. The van der Waals surface area contributed by atoms with Gasteiger partial charge in [-0.2, -0.15) is 0 Å². The molecule has 0 heterocycles. The normalized spacial score (nSPS) is 14.0. The van der Waals surface area contributed by atoms with Crippen molar-refractivity contribution in [2.24, 2.45) is 5.41 Å². The standard InChI is InChI=1S/C10H15.W/c1-9(2)7-6-8-10(3,4)5;/h1,6-7H,2-5H3;/q-1;. The fraction of sp³-hybridized carbons (Fsp3) is 0.500. The van der Waals surface area contributed by atoms with Crippen LogP contribution in [0.4, 0.5) is 0 Å². The van der Waals surface area contributed by atoms with Gasteiger partial charge in [-0.1, -0.05) is 0 Å². The third kappa shape index (κ3) is 7.94. The number of hydrogen-bond acceptors (Lipinski definition) is 0. The van der Waals surface area contributed by atoms with Gasteiger partial charge in [0.15, 0.2) is 0 Å². The third-order valence-electron chi connectivity index (χ3n) is 1.05. The minimum atomic E-state index is 0.178. The SMILES string of the molecule is CC([CH]=[W])=CC=[C-]C(C)(C)C. The van der Waals surface area contributed by atoms with E-state index >= 15 is 0 Å². The molecular formula is C10H15W-. The van der Waals surface area contributed by atoms with Crippen LogP contribution in [0.15, 0.2) is 17.7 Å². The summed E-state index contributed by atoms with van der Waals surface area (Å²) in [4.78, 5) is 0. The second kappa shape index (κ2) is 4.82. The molecule has 0 radical (unpaired) electrons. The van der Waals surface area contributed by atoms with Gasteiger partial charge in [0, 0.05) is 0 Å². The molecule has 1 heteroatoms. The van der Waals surface area contributed by atoms with E-state index in [4.69, 9.17) is 0 Å². The summed E-state index contributed by atoms with van der Waals surface area (Å²) < 4.78 is 2.17. The van der Waals surface area contributed by atoms with E-state index in [0.717, 1.165) is 0 Å². The first-order valence-electron chi connectivity index (χ1n) is 3.69. The Kier molecular flexibility index (Phi) is 4.84. The molecule has 62 valence electrons. The van der Waals surface area contributed by atoms with Crippen LogP contribution in [0, 0.1) is 11.5 Å². The molecular weight excluding hydrogens is 304 g/mol. The Balaban J connectivity index is 4.06. The fourth-order valence-electron chi connectivity index (χ4n) is 0.462. The Morgan fingerprint density at radius 3 is 2.27 bits per heavy atom. The quantitative estimate of drug-likeness (QED) is 0.542. The number of rotatable bonds is 2. The molecule has 0 saturated heterocycles. The molecule has 0 N–H and O–H groups in total. The Bertz CT molecular complexity index is 180. The van der Waals surface area contributed by atoms with Gasteiger partial charge in [0.1, 0.15) is 0 Å². The third-order valence-corrected chi connectivity index (χ3v) is 2.38. The number of allylic oxidation sites excluding steroid dienone is 4. The predicted octanol–water partition coefficient (Wildman–Crippen LogP) is 2.69. The Hall–Kier alpha value is 0.0383. The average Bonchev–Trinajstić information content (AvgIpc) is 1.85. The van der Waals surface area contributed by atoms with Crippen molar-refractivity contribution in [3.05, 3.63) is 23.8 Å². The van der Waals surface area contributed by atoms with E-state index in [2.05, 4.69) is 44.2 Å². The first-order chi connectivity index (χ1) is 4.95. The second-order valence-corrected chi connectivity index (χ2v) is 4.44. The topological polar surface area (TPSA) is 0 Å². The summed E-state index contributed by atoms with van der Waals surface area (Å²) in [6.07, 6.45) is 7.38. The maximum atomic E-state index is 3.27. The zero-order valence-corrected chi connectivity index (χ0v) is 10.6. The minimum absolute atomic E-state index is 0.178. The van der Waals surface area contributed by atoms with Crippen LogP contribution in [-0.2, 0) is 19.4 Å². The van der Waals surface area contributed by atoms with E-state index in [9.17, 15) is 0 Å². The summed E-state index contributed by atoms with van der Waals surface area (Å²) in [5.74, 6) is 0. The molecule has 0 aromatic heterocycles. The Morgan fingerprint density at radius 1 is 1.36 bits per heavy atom. The summed E-state index contributed by atoms with van der Waals surface area (Å²) in [6, 6.07) is 0. The van der Waals surface area contributed by atoms with E-state index in [1.807, 2.05) is 6.08 Å².